The van der Waals surface area contributed by atoms with Crippen LogP contribution in [-0.2, 0) is 50.7 Å². The third-order valence-corrected chi connectivity index (χ3v) is 11.7. The summed E-state index contributed by atoms with van der Waals surface area (Å²) in [6.45, 7) is 1.04. The van der Waals surface area contributed by atoms with E-state index in [9.17, 15) is 73.2 Å². The Balaban J connectivity index is 0.0000120. The number of amides is 1. The quantitative estimate of drug-likeness (QED) is 0.0164. The van der Waals surface area contributed by atoms with Gasteiger partial charge in [-0.1, -0.05) is 25.6 Å². The molecule has 0 radical (unpaired) electrons. The van der Waals surface area contributed by atoms with Crippen molar-refractivity contribution in [3.8, 4) is 0 Å². The standard InChI is InChI=1S/C27H44N7O20P3S.2Na.H2O/c1-26(2,21(40)24(41)30-5-4-15(35)29-6-7-58-17(38)9-27(3,42)8-16(36)37)11-51-57(48,49)54-56(46,47)50-10-14-20(53-55(43,44)45)19(39)25(52-14)34-13-33-18-22(28)31-12-32-23(18)34;;;/h12-14,19-21,25,39-40,42H,4-11H2,1-3H3,(H,29,35)(H,30,41)(H,36,37)(H,46,47)(H,48,49)(H2,28,31,32)(H2,43,44,45);;;1H2/q;2*+1;/p-2/t14-,19-,20-,21?,25-,27?;;;/m1.../s1. The predicted molar refractivity (Wildman–Crippen MR) is 195 cm³/mol. The summed E-state index contributed by atoms with van der Waals surface area (Å²) in [7, 11) is -16.5. The van der Waals surface area contributed by atoms with Gasteiger partial charge in [-0.2, -0.15) is 4.31 Å². The number of carbonyl (C=O) groups excluding carboxylic acids is 3. The number of imidazole rings is 1. The van der Waals surface area contributed by atoms with E-state index in [-0.39, 0.29) is 107 Å². The minimum absolute atomic E-state index is 0. The van der Waals surface area contributed by atoms with E-state index in [1.165, 1.54) is 13.8 Å². The van der Waals surface area contributed by atoms with Crippen molar-refractivity contribution in [3.05, 3.63) is 12.7 Å². The van der Waals surface area contributed by atoms with Crippen molar-refractivity contribution < 1.29 is 160 Å². The van der Waals surface area contributed by atoms with Crippen LogP contribution in [0.25, 0.3) is 11.2 Å². The maximum Gasteiger partial charge on any atom is 1.00 e. The third-order valence-electron chi connectivity index (χ3n) is 7.76. The number of carboxylic acid groups (broad SMARTS) is 1. The summed E-state index contributed by atoms with van der Waals surface area (Å²) in [4.78, 5) is 89.6. The number of phosphoric acid groups is 3. The topological polar surface area (TPSA) is 462 Å². The zero-order chi connectivity index (χ0) is 43.9. The number of nitrogens with one attached hydrogen (secondary N) is 1. The Morgan fingerprint density at radius 3 is 2.30 bits per heavy atom. The van der Waals surface area contributed by atoms with E-state index in [1.54, 1.807) is 0 Å². The van der Waals surface area contributed by atoms with Gasteiger partial charge < -0.3 is 76.2 Å². The fourth-order valence-electron chi connectivity index (χ4n) is 4.99. The molecule has 4 unspecified atom stereocenters. The second-order valence-corrected chi connectivity index (χ2v) is 18.8. The molecule has 2 aromatic heterocycles. The van der Waals surface area contributed by atoms with Crippen molar-refractivity contribution in [2.24, 2.45) is 10.4 Å². The molecule has 3 rings (SSSR count). The van der Waals surface area contributed by atoms with E-state index in [1.807, 2.05) is 0 Å². The number of nitrogens with zero attached hydrogens (tertiary/aromatic N) is 5. The van der Waals surface area contributed by atoms with Crippen LogP contribution in [0.15, 0.2) is 17.6 Å². The number of aromatic nitrogens is 4. The zero-order valence-corrected chi connectivity index (χ0v) is 40.7. The first-order valence-electron chi connectivity index (χ1n) is 16.5. The first-order valence-corrected chi connectivity index (χ1v) is 22.0. The number of aliphatic imine (C=N–C) groups is 1. The van der Waals surface area contributed by atoms with Crippen molar-refractivity contribution >= 4 is 75.1 Å². The molecule has 0 spiro atoms. The van der Waals surface area contributed by atoms with E-state index >= 15 is 0 Å². The van der Waals surface area contributed by atoms with Gasteiger partial charge in [-0.05, 0) is 19.2 Å². The number of hydrogen-bond acceptors (Lipinski definition) is 22. The monoisotopic (exact) mass is 973 g/mol. The van der Waals surface area contributed by atoms with E-state index in [2.05, 4.69) is 34.1 Å². The summed E-state index contributed by atoms with van der Waals surface area (Å²) >= 11 is 0.720. The number of nitrogens with two attached hydrogens (primary N) is 1. The van der Waals surface area contributed by atoms with Crippen LogP contribution in [0.2, 0.25) is 0 Å². The number of carbonyl (C=O) groups is 3. The summed E-state index contributed by atoms with van der Waals surface area (Å²) in [5.41, 5.74) is 2.35. The first kappa shape index (κ1) is 60.0. The number of phosphoric ester groups is 3. The number of aliphatic hydroxyl groups is 3. The Bertz CT molecular complexity index is 1980. The number of thioether (sulfide) groups is 1. The van der Waals surface area contributed by atoms with Gasteiger partial charge in [-0.15, -0.1) is 0 Å². The van der Waals surface area contributed by atoms with E-state index in [4.69, 9.17) is 19.5 Å². The van der Waals surface area contributed by atoms with Crippen LogP contribution >= 0.6 is 35.2 Å². The maximum absolute atomic E-state index is 12.7. The molecule has 12 N–H and O–H groups in total. The number of fused-ring (bicyclic) bond motifs is 1. The average molecular weight is 974 g/mol. The van der Waals surface area contributed by atoms with Gasteiger partial charge in [-0.3, -0.25) is 27.7 Å². The molecule has 34 heteroatoms. The van der Waals surface area contributed by atoms with Crippen molar-refractivity contribution in [3.63, 3.8) is 0 Å². The minimum atomic E-state index is -5.61. The largest absolute Gasteiger partial charge is 1.00 e. The first-order chi connectivity index (χ1) is 26.6. The molecule has 1 aliphatic rings. The number of aliphatic carboxylic acids is 1. The molecule has 61 heavy (non-hydrogen) atoms. The van der Waals surface area contributed by atoms with Gasteiger partial charge >= 0.3 is 82.6 Å². The van der Waals surface area contributed by atoms with E-state index in [0.29, 0.717) is 0 Å². The molecule has 28 nitrogen and oxygen atoms in total. The molecule has 336 valence electrons. The molecule has 3 heterocycles. The summed E-state index contributed by atoms with van der Waals surface area (Å²) in [6.07, 6.45) is -8.49. The third kappa shape index (κ3) is 19.5. The van der Waals surface area contributed by atoms with Gasteiger partial charge in [0.25, 0.3) is 0 Å². The Morgan fingerprint density at radius 1 is 1.07 bits per heavy atom. The van der Waals surface area contributed by atoms with Crippen LogP contribution in [-0.4, -0.2) is 145 Å². The molecule has 8 atom stereocenters. The molecular formula is C27H44N7Na2O21P3S. The Kier molecular flexibility index (Phi) is 24.6. The molecule has 0 aromatic carbocycles. The number of aliphatic hydroxyl groups excluding tert-OH is 2. The Labute approximate surface area is 394 Å². The van der Waals surface area contributed by atoms with Gasteiger partial charge in [0.1, 0.15) is 36.3 Å². The van der Waals surface area contributed by atoms with Gasteiger partial charge in [-0.25, -0.2) is 28.6 Å². The van der Waals surface area contributed by atoms with Gasteiger partial charge in [0.05, 0.1) is 25.1 Å². The zero-order valence-electron chi connectivity index (χ0n) is 33.2. The number of carboxylic acids is 1. The SMILES string of the molecule is CC(O)(CC(=O)[O-])CC(=O)SCCN=C([O-])CCNC(=O)C(O)C(C)(C)COP(=O)(O)OP(=O)(O)OC[C@H]1O[C@@H](n2cnc3c(N)ncnc32)[C@H](O)[C@@H]1OP(=O)(O)O.O.[Na+].[Na+]. The Hall–Kier alpha value is -1.05. The van der Waals surface area contributed by atoms with Crippen molar-refractivity contribution in [1.29, 1.82) is 0 Å². The average Bonchev–Trinajstić information content (AvgIpc) is 3.63. The molecule has 1 amide bonds. The fourth-order valence-corrected chi connectivity index (χ4v) is 8.64. The van der Waals surface area contributed by atoms with Crippen LogP contribution in [0.3, 0.4) is 0 Å². The number of anilines is 1. The maximum atomic E-state index is 12.7. The number of rotatable bonds is 23. The van der Waals surface area contributed by atoms with Gasteiger partial charge in [0, 0.05) is 43.1 Å². The molecule has 0 bridgehead atoms. The second kappa shape index (κ2) is 25.0. The van der Waals surface area contributed by atoms with Crippen molar-refractivity contribution in [2.45, 2.75) is 76.3 Å². The van der Waals surface area contributed by atoms with Crippen molar-refractivity contribution in [1.82, 2.24) is 24.8 Å². The smallest absolute Gasteiger partial charge is 0.862 e. The summed E-state index contributed by atoms with van der Waals surface area (Å²) in [6, 6.07) is 0. The number of hydrogen-bond donors (Lipinski definition) is 9. The van der Waals surface area contributed by atoms with Crippen molar-refractivity contribution in [2.75, 3.05) is 37.8 Å². The molecule has 1 saturated heterocycles. The second-order valence-electron chi connectivity index (χ2n) is 13.4. The molecule has 0 aliphatic carbocycles. The minimum Gasteiger partial charge on any atom is -0.862 e. The molecular weight excluding hydrogens is 929 g/mol. The Morgan fingerprint density at radius 2 is 1.69 bits per heavy atom. The summed E-state index contributed by atoms with van der Waals surface area (Å²) in [5, 5.41) is 55.7. The van der Waals surface area contributed by atoms with Crippen LogP contribution in [0, 0.1) is 5.41 Å². The normalized spacial score (nSPS) is 21.7. The summed E-state index contributed by atoms with van der Waals surface area (Å²) in [5.74, 6) is -3.29. The molecule has 2 aromatic rings. The van der Waals surface area contributed by atoms with E-state index < -0.39 is 114 Å². The fraction of sp³-hybridized carbons (Fsp3) is 0.667. The molecule has 0 saturated carbocycles. The van der Waals surface area contributed by atoms with Crippen LogP contribution in [0.5, 0.6) is 0 Å². The van der Waals surface area contributed by atoms with Crippen LogP contribution < -0.4 is 80.4 Å². The number of ether oxygens (including phenoxy) is 1. The molecule has 1 fully saturated rings. The van der Waals surface area contributed by atoms with Gasteiger partial charge in [0.15, 0.2) is 22.8 Å². The van der Waals surface area contributed by atoms with Gasteiger partial charge in [0.2, 0.25) is 5.91 Å². The van der Waals surface area contributed by atoms with Crippen LogP contribution in [0.1, 0.15) is 46.3 Å². The molecule has 1 aliphatic heterocycles. The predicted octanol–water partition coefficient (Wildman–Crippen LogP) is -10.2. The van der Waals surface area contributed by atoms with E-state index in [0.717, 1.165) is 35.9 Å². The summed E-state index contributed by atoms with van der Waals surface area (Å²) < 4.78 is 61.9. The number of nitrogen functional groups attached to an aromatic ring is 1. The van der Waals surface area contributed by atoms with Crippen LogP contribution in [0.4, 0.5) is 5.82 Å².